The predicted octanol–water partition coefficient (Wildman–Crippen LogP) is 1.17. The van der Waals surface area contributed by atoms with E-state index in [1.807, 2.05) is 0 Å². The van der Waals surface area contributed by atoms with Crippen LogP contribution in [0.15, 0.2) is 18.2 Å². The fourth-order valence-corrected chi connectivity index (χ4v) is 2.74. The second kappa shape index (κ2) is 7.00. The lowest BCUT2D eigenvalue weighted by atomic mass is 9.98. The first-order chi connectivity index (χ1) is 12.5. The maximum Gasteiger partial charge on any atom is 0.244 e. The smallest absolute Gasteiger partial charge is 0.244 e. The van der Waals surface area contributed by atoms with E-state index >= 15 is 0 Å². The van der Waals surface area contributed by atoms with E-state index in [1.165, 1.54) is 4.80 Å². The highest BCUT2D eigenvalue weighted by atomic mass is 16.5. The van der Waals surface area contributed by atoms with Crippen LogP contribution in [-0.4, -0.2) is 45.9 Å². The Labute approximate surface area is 150 Å². The largest absolute Gasteiger partial charge is 0.493 e. The standard InChI is InChI=1S/C17H20N6O3/c1-17(10-18,12-5-6-12)19-15(24)9-23-21-16(20-22-23)11-4-7-13(25-2)14(8-11)26-3/h4,7-8,12H,5-6,9H2,1-3H3,(H,19,24)/t17-/m0/s1. The number of nitrogens with one attached hydrogen (secondary N) is 1. The molecule has 1 aliphatic carbocycles. The lowest BCUT2D eigenvalue weighted by molar-refractivity contribution is -0.123. The molecule has 9 nitrogen and oxygen atoms in total. The Morgan fingerprint density at radius 2 is 2.12 bits per heavy atom. The fraction of sp³-hybridized carbons (Fsp3) is 0.471. The number of nitriles is 1. The van der Waals surface area contributed by atoms with Crippen molar-refractivity contribution in [2.45, 2.75) is 31.8 Å². The molecule has 0 aliphatic heterocycles. The maximum atomic E-state index is 12.2. The second-order valence-corrected chi connectivity index (χ2v) is 6.35. The van der Waals surface area contributed by atoms with Crippen LogP contribution in [0.5, 0.6) is 11.5 Å². The number of hydrogen-bond donors (Lipinski definition) is 1. The molecule has 26 heavy (non-hydrogen) atoms. The van der Waals surface area contributed by atoms with Crippen molar-refractivity contribution in [2.75, 3.05) is 14.2 Å². The Morgan fingerprint density at radius 3 is 2.73 bits per heavy atom. The summed E-state index contributed by atoms with van der Waals surface area (Å²) in [7, 11) is 3.10. The van der Waals surface area contributed by atoms with Gasteiger partial charge in [0, 0.05) is 5.56 Å². The van der Waals surface area contributed by atoms with Gasteiger partial charge in [-0.25, -0.2) is 0 Å². The van der Waals surface area contributed by atoms with Crippen molar-refractivity contribution in [1.29, 1.82) is 5.26 Å². The number of tetrazole rings is 1. The van der Waals surface area contributed by atoms with Gasteiger partial charge in [-0.15, -0.1) is 10.2 Å². The molecule has 1 atom stereocenters. The Balaban J connectivity index is 1.70. The molecular weight excluding hydrogens is 336 g/mol. The number of carbonyl (C=O) groups excluding carboxylic acids is 1. The number of methoxy groups -OCH3 is 2. The SMILES string of the molecule is COc1ccc(-c2nnn(CC(=O)N[C@@](C)(C#N)C3CC3)n2)cc1OC. The van der Waals surface area contributed by atoms with Gasteiger partial charge in [-0.2, -0.15) is 10.1 Å². The Hall–Kier alpha value is -3.15. The van der Waals surface area contributed by atoms with Crippen LogP contribution in [0.1, 0.15) is 19.8 Å². The monoisotopic (exact) mass is 356 g/mol. The van der Waals surface area contributed by atoms with Crippen molar-refractivity contribution in [3.8, 4) is 29.0 Å². The molecule has 0 bridgehead atoms. The third kappa shape index (κ3) is 3.59. The van der Waals surface area contributed by atoms with E-state index in [9.17, 15) is 10.1 Å². The van der Waals surface area contributed by atoms with Gasteiger partial charge < -0.3 is 14.8 Å². The lowest BCUT2D eigenvalue weighted by Gasteiger charge is -2.22. The summed E-state index contributed by atoms with van der Waals surface area (Å²) in [6.07, 6.45) is 1.91. The van der Waals surface area contributed by atoms with Crippen LogP contribution in [0.25, 0.3) is 11.4 Å². The van der Waals surface area contributed by atoms with E-state index in [2.05, 4.69) is 26.8 Å². The van der Waals surface area contributed by atoms with E-state index in [1.54, 1.807) is 39.3 Å². The van der Waals surface area contributed by atoms with E-state index in [4.69, 9.17) is 9.47 Å². The minimum absolute atomic E-state index is 0.107. The molecule has 9 heteroatoms. The predicted molar refractivity (Wildman–Crippen MR) is 91.2 cm³/mol. The van der Waals surface area contributed by atoms with Crippen LogP contribution in [0.4, 0.5) is 0 Å². The van der Waals surface area contributed by atoms with Crippen molar-refractivity contribution in [2.24, 2.45) is 5.92 Å². The van der Waals surface area contributed by atoms with Crippen molar-refractivity contribution in [3.63, 3.8) is 0 Å². The summed E-state index contributed by atoms with van der Waals surface area (Å²) in [6, 6.07) is 7.45. The summed E-state index contributed by atoms with van der Waals surface area (Å²) in [5, 5.41) is 24.2. The first-order valence-electron chi connectivity index (χ1n) is 8.21. The van der Waals surface area contributed by atoms with Gasteiger partial charge in [-0.05, 0) is 49.1 Å². The third-order valence-corrected chi connectivity index (χ3v) is 4.40. The molecule has 1 aliphatic rings. The minimum atomic E-state index is -0.843. The maximum absolute atomic E-state index is 12.2. The van der Waals surface area contributed by atoms with Gasteiger partial charge >= 0.3 is 0 Å². The molecule has 0 saturated heterocycles. The second-order valence-electron chi connectivity index (χ2n) is 6.35. The highest BCUT2D eigenvalue weighted by molar-refractivity contribution is 5.77. The van der Waals surface area contributed by atoms with Crippen LogP contribution in [0.3, 0.4) is 0 Å². The summed E-state index contributed by atoms with van der Waals surface area (Å²) >= 11 is 0. The Kier molecular flexibility index (Phi) is 4.75. The van der Waals surface area contributed by atoms with Gasteiger partial charge in [-0.1, -0.05) is 0 Å². The van der Waals surface area contributed by atoms with Crippen molar-refractivity contribution in [1.82, 2.24) is 25.5 Å². The van der Waals surface area contributed by atoms with E-state index in [0.29, 0.717) is 22.9 Å². The molecule has 1 fully saturated rings. The molecule has 136 valence electrons. The molecule has 1 amide bonds. The number of nitrogens with zero attached hydrogens (tertiary/aromatic N) is 5. The zero-order chi connectivity index (χ0) is 18.7. The Morgan fingerprint density at radius 1 is 1.38 bits per heavy atom. The van der Waals surface area contributed by atoms with E-state index in [-0.39, 0.29) is 18.4 Å². The van der Waals surface area contributed by atoms with Crippen LogP contribution < -0.4 is 14.8 Å². The average Bonchev–Trinajstić information content (AvgIpc) is 3.41. The van der Waals surface area contributed by atoms with Crippen LogP contribution in [-0.2, 0) is 11.3 Å². The first-order valence-corrected chi connectivity index (χ1v) is 8.21. The van der Waals surface area contributed by atoms with Gasteiger partial charge in [0.05, 0.1) is 20.3 Å². The number of carbonyl (C=O) groups is 1. The average molecular weight is 356 g/mol. The molecule has 1 saturated carbocycles. The molecule has 1 heterocycles. The van der Waals surface area contributed by atoms with E-state index in [0.717, 1.165) is 12.8 Å². The van der Waals surface area contributed by atoms with Crippen LogP contribution in [0, 0.1) is 17.2 Å². The van der Waals surface area contributed by atoms with Gasteiger partial charge in [0.2, 0.25) is 11.7 Å². The Bertz CT molecular complexity index is 854. The molecule has 1 N–H and O–H groups in total. The van der Waals surface area contributed by atoms with Crippen LogP contribution >= 0.6 is 0 Å². The number of aromatic nitrogens is 4. The summed E-state index contributed by atoms with van der Waals surface area (Å²) in [4.78, 5) is 13.4. The van der Waals surface area contributed by atoms with Crippen molar-refractivity contribution >= 4 is 5.91 Å². The number of benzene rings is 1. The number of rotatable bonds is 7. The number of amides is 1. The highest BCUT2D eigenvalue weighted by Gasteiger charge is 2.43. The summed E-state index contributed by atoms with van der Waals surface area (Å²) in [5.74, 6) is 1.40. The normalized spacial score (nSPS) is 15.6. The molecular formula is C17H20N6O3. The van der Waals surface area contributed by atoms with Gasteiger partial charge in [0.15, 0.2) is 11.5 Å². The zero-order valence-electron chi connectivity index (χ0n) is 14.9. The molecule has 0 unspecified atom stereocenters. The van der Waals surface area contributed by atoms with Gasteiger partial charge in [-0.3, -0.25) is 4.79 Å². The molecule has 2 aromatic rings. The van der Waals surface area contributed by atoms with E-state index < -0.39 is 5.54 Å². The zero-order valence-corrected chi connectivity index (χ0v) is 14.9. The lowest BCUT2D eigenvalue weighted by Crippen LogP contribution is -2.48. The molecule has 1 aromatic carbocycles. The summed E-state index contributed by atoms with van der Waals surface area (Å²) < 4.78 is 10.5. The van der Waals surface area contributed by atoms with Crippen LogP contribution in [0.2, 0.25) is 0 Å². The number of hydrogen-bond acceptors (Lipinski definition) is 7. The summed E-state index contributed by atoms with van der Waals surface area (Å²) in [5.41, 5.74) is -0.154. The summed E-state index contributed by atoms with van der Waals surface area (Å²) in [6.45, 7) is 1.64. The molecule has 0 radical (unpaired) electrons. The van der Waals surface area contributed by atoms with Gasteiger partial charge in [0.1, 0.15) is 12.1 Å². The molecule has 3 rings (SSSR count). The first kappa shape index (κ1) is 17.7. The van der Waals surface area contributed by atoms with Crippen molar-refractivity contribution < 1.29 is 14.3 Å². The molecule has 0 spiro atoms. The number of ether oxygens (including phenoxy) is 2. The third-order valence-electron chi connectivity index (χ3n) is 4.40. The topological polar surface area (TPSA) is 115 Å². The van der Waals surface area contributed by atoms with Crippen molar-refractivity contribution in [3.05, 3.63) is 18.2 Å². The quantitative estimate of drug-likeness (QED) is 0.791. The highest BCUT2D eigenvalue weighted by Crippen LogP contribution is 2.39. The van der Waals surface area contributed by atoms with Gasteiger partial charge in [0.25, 0.3) is 0 Å². The minimum Gasteiger partial charge on any atom is -0.493 e. The fourth-order valence-electron chi connectivity index (χ4n) is 2.74. The molecule has 1 aromatic heterocycles.